The van der Waals surface area contributed by atoms with Crippen LogP contribution < -0.4 is 5.32 Å². The Bertz CT molecular complexity index is 503. The summed E-state index contributed by atoms with van der Waals surface area (Å²) in [7, 11) is 1.20. The minimum absolute atomic E-state index is 0.122. The number of amides is 1. The van der Waals surface area contributed by atoms with Crippen molar-refractivity contribution < 1.29 is 23.1 Å². The smallest absolute Gasteiger partial charge is 0.328 e. The lowest BCUT2D eigenvalue weighted by molar-refractivity contribution is -0.143. The molecule has 0 spiro atoms. The monoisotopic (exact) mass is 285 g/mol. The van der Waals surface area contributed by atoms with Crippen LogP contribution in [0.5, 0.6) is 0 Å². The van der Waals surface area contributed by atoms with E-state index >= 15 is 0 Å². The first kappa shape index (κ1) is 16.1. The van der Waals surface area contributed by atoms with Crippen molar-refractivity contribution in [1.82, 2.24) is 5.32 Å². The van der Waals surface area contributed by atoms with Crippen molar-refractivity contribution in [1.29, 1.82) is 0 Å². The maximum Gasteiger partial charge on any atom is 0.328 e. The van der Waals surface area contributed by atoms with Crippen molar-refractivity contribution in [2.45, 2.75) is 26.3 Å². The molecule has 110 valence electrons. The normalized spacial score (nSPS) is 12.1. The first-order chi connectivity index (χ1) is 9.35. The first-order valence-corrected chi connectivity index (χ1v) is 6.19. The lowest BCUT2D eigenvalue weighted by Crippen LogP contribution is -2.42. The molecule has 0 bridgehead atoms. The molecule has 1 atom stereocenters. The molecule has 4 nitrogen and oxygen atoms in total. The van der Waals surface area contributed by atoms with Gasteiger partial charge in [0.2, 0.25) is 0 Å². The molecule has 0 fully saturated rings. The number of ether oxygens (including phenoxy) is 1. The second-order valence-corrected chi connectivity index (χ2v) is 4.80. The third kappa shape index (κ3) is 4.29. The highest BCUT2D eigenvalue weighted by molar-refractivity contribution is 5.97. The van der Waals surface area contributed by atoms with Gasteiger partial charge in [-0.1, -0.05) is 13.8 Å². The number of esters is 1. The van der Waals surface area contributed by atoms with Crippen LogP contribution in [0.3, 0.4) is 0 Å². The van der Waals surface area contributed by atoms with Crippen molar-refractivity contribution in [2.24, 2.45) is 5.92 Å². The Balaban J connectivity index is 2.90. The van der Waals surface area contributed by atoms with Gasteiger partial charge in [0.15, 0.2) is 0 Å². The number of halogens is 2. The van der Waals surface area contributed by atoms with Gasteiger partial charge in [-0.25, -0.2) is 13.6 Å². The van der Waals surface area contributed by atoms with Crippen LogP contribution >= 0.6 is 0 Å². The van der Waals surface area contributed by atoms with E-state index < -0.39 is 35.1 Å². The van der Waals surface area contributed by atoms with Gasteiger partial charge in [-0.05, 0) is 30.5 Å². The minimum Gasteiger partial charge on any atom is -0.467 e. The number of carbonyl (C=O) groups excluding carboxylic acids is 2. The zero-order valence-corrected chi connectivity index (χ0v) is 11.6. The maximum absolute atomic E-state index is 13.5. The molecule has 1 unspecified atom stereocenters. The van der Waals surface area contributed by atoms with E-state index in [1.807, 2.05) is 13.8 Å². The molecule has 0 aromatic heterocycles. The summed E-state index contributed by atoms with van der Waals surface area (Å²) in [6.45, 7) is 3.73. The van der Waals surface area contributed by atoms with Crippen LogP contribution in [-0.2, 0) is 9.53 Å². The average molecular weight is 285 g/mol. The predicted octanol–water partition coefficient (Wildman–Crippen LogP) is 2.28. The molecule has 0 aliphatic rings. The van der Waals surface area contributed by atoms with E-state index in [2.05, 4.69) is 10.1 Å². The highest BCUT2D eigenvalue weighted by Crippen LogP contribution is 2.12. The maximum atomic E-state index is 13.5. The van der Waals surface area contributed by atoms with Gasteiger partial charge in [0, 0.05) is 0 Å². The fourth-order valence-electron chi connectivity index (χ4n) is 1.74. The molecule has 1 aromatic rings. The average Bonchev–Trinajstić information content (AvgIpc) is 2.39. The third-order valence-corrected chi connectivity index (χ3v) is 2.67. The Kier molecular flexibility index (Phi) is 5.61. The van der Waals surface area contributed by atoms with Gasteiger partial charge in [0.25, 0.3) is 5.91 Å². The SMILES string of the molecule is COC(=O)C(CC(C)C)NC(=O)c1cc(F)ccc1F. The van der Waals surface area contributed by atoms with E-state index in [-0.39, 0.29) is 5.92 Å². The summed E-state index contributed by atoms with van der Waals surface area (Å²) in [5, 5.41) is 2.36. The lowest BCUT2D eigenvalue weighted by Gasteiger charge is -2.18. The molecule has 0 aliphatic carbocycles. The quantitative estimate of drug-likeness (QED) is 0.844. The van der Waals surface area contributed by atoms with Crippen LogP contribution in [0.25, 0.3) is 0 Å². The van der Waals surface area contributed by atoms with Crippen molar-refractivity contribution in [3.63, 3.8) is 0 Å². The fraction of sp³-hybridized carbons (Fsp3) is 0.429. The second kappa shape index (κ2) is 6.98. The molecule has 1 aromatic carbocycles. The van der Waals surface area contributed by atoms with Gasteiger partial charge in [-0.3, -0.25) is 4.79 Å². The number of hydrogen-bond acceptors (Lipinski definition) is 3. The Morgan fingerprint density at radius 1 is 1.30 bits per heavy atom. The van der Waals surface area contributed by atoms with Gasteiger partial charge in [-0.15, -0.1) is 0 Å². The van der Waals surface area contributed by atoms with E-state index in [0.29, 0.717) is 6.42 Å². The largest absolute Gasteiger partial charge is 0.467 e. The standard InChI is InChI=1S/C14H17F2NO3/c1-8(2)6-12(14(19)20-3)17-13(18)10-7-9(15)4-5-11(10)16/h4-5,7-8,12H,6H2,1-3H3,(H,17,18). The van der Waals surface area contributed by atoms with Crippen LogP contribution in [0.4, 0.5) is 8.78 Å². The molecule has 0 aliphatic heterocycles. The summed E-state index contributed by atoms with van der Waals surface area (Å²) < 4.78 is 31.1. The molecule has 0 radical (unpaired) electrons. The summed E-state index contributed by atoms with van der Waals surface area (Å²) >= 11 is 0. The molecule has 1 amide bonds. The van der Waals surface area contributed by atoms with Crippen molar-refractivity contribution in [2.75, 3.05) is 7.11 Å². The number of benzene rings is 1. The summed E-state index contributed by atoms with van der Waals surface area (Å²) in [6.07, 6.45) is 0.343. The van der Waals surface area contributed by atoms with Crippen LogP contribution in [-0.4, -0.2) is 25.0 Å². The highest BCUT2D eigenvalue weighted by Gasteiger charge is 2.24. The number of carbonyl (C=O) groups is 2. The topological polar surface area (TPSA) is 55.4 Å². The number of hydrogen-bond donors (Lipinski definition) is 1. The van der Waals surface area contributed by atoms with Crippen molar-refractivity contribution in [3.8, 4) is 0 Å². The molecular formula is C14H17F2NO3. The van der Waals surface area contributed by atoms with E-state index in [4.69, 9.17) is 0 Å². The van der Waals surface area contributed by atoms with Gasteiger partial charge in [0.05, 0.1) is 12.7 Å². The Morgan fingerprint density at radius 3 is 2.50 bits per heavy atom. The Hall–Kier alpha value is -1.98. The van der Waals surface area contributed by atoms with Crippen LogP contribution in [0.2, 0.25) is 0 Å². The van der Waals surface area contributed by atoms with E-state index in [0.717, 1.165) is 18.2 Å². The molecule has 0 saturated heterocycles. The molecule has 0 saturated carbocycles. The van der Waals surface area contributed by atoms with Crippen LogP contribution in [0.1, 0.15) is 30.6 Å². The van der Waals surface area contributed by atoms with Gasteiger partial charge in [-0.2, -0.15) is 0 Å². The zero-order chi connectivity index (χ0) is 15.3. The van der Waals surface area contributed by atoms with Gasteiger partial charge < -0.3 is 10.1 Å². The zero-order valence-electron chi connectivity index (χ0n) is 11.6. The summed E-state index contributed by atoms with van der Waals surface area (Å²) in [6, 6.07) is 1.67. The van der Waals surface area contributed by atoms with Crippen LogP contribution in [0, 0.1) is 17.6 Å². The molecular weight excluding hydrogens is 268 g/mol. The third-order valence-electron chi connectivity index (χ3n) is 2.67. The highest BCUT2D eigenvalue weighted by atomic mass is 19.1. The number of rotatable bonds is 5. The summed E-state index contributed by atoms with van der Waals surface area (Å²) in [5.74, 6) is -2.93. The summed E-state index contributed by atoms with van der Waals surface area (Å²) in [5.41, 5.74) is -0.442. The molecule has 1 rings (SSSR count). The van der Waals surface area contributed by atoms with Gasteiger partial charge in [0.1, 0.15) is 17.7 Å². The lowest BCUT2D eigenvalue weighted by atomic mass is 10.0. The van der Waals surface area contributed by atoms with E-state index in [9.17, 15) is 18.4 Å². The Labute approximate surface area is 116 Å². The number of nitrogens with one attached hydrogen (secondary N) is 1. The fourth-order valence-corrected chi connectivity index (χ4v) is 1.74. The minimum atomic E-state index is -0.893. The van der Waals surface area contributed by atoms with E-state index in [1.54, 1.807) is 0 Å². The van der Waals surface area contributed by atoms with Crippen LogP contribution in [0.15, 0.2) is 18.2 Å². The molecule has 6 heteroatoms. The first-order valence-electron chi connectivity index (χ1n) is 6.19. The molecule has 20 heavy (non-hydrogen) atoms. The Morgan fingerprint density at radius 2 is 1.95 bits per heavy atom. The van der Waals surface area contributed by atoms with E-state index in [1.165, 1.54) is 7.11 Å². The summed E-state index contributed by atoms with van der Waals surface area (Å²) in [4.78, 5) is 23.5. The van der Waals surface area contributed by atoms with Gasteiger partial charge >= 0.3 is 5.97 Å². The van der Waals surface area contributed by atoms with Crippen molar-refractivity contribution >= 4 is 11.9 Å². The molecule has 0 heterocycles. The molecule has 1 N–H and O–H groups in total. The second-order valence-electron chi connectivity index (χ2n) is 4.80. The number of methoxy groups -OCH3 is 1. The van der Waals surface area contributed by atoms with Crippen molar-refractivity contribution in [3.05, 3.63) is 35.4 Å². The predicted molar refractivity (Wildman–Crippen MR) is 69.1 cm³/mol.